The highest BCUT2D eigenvalue weighted by atomic mass is 19.1. The third-order valence-electron chi connectivity index (χ3n) is 5.90. The maximum absolute atomic E-state index is 14.3. The van der Waals surface area contributed by atoms with Gasteiger partial charge in [0.25, 0.3) is 0 Å². The van der Waals surface area contributed by atoms with E-state index in [-0.39, 0.29) is 18.2 Å². The number of aromatic nitrogens is 2. The molecule has 1 amide bonds. The molecule has 31 heavy (non-hydrogen) atoms. The van der Waals surface area contributed by atoms with E-state index in [9.17, 15) is 9.18 Å². The molecule has 1 aliphatic rings. The van der Waals surface area contributed by atoms with E-state index in [0.717, 1.165) is 63.8 Å². The van der Waals surface area contributed by atoms with Crippen LogP contribution in [0.2, 0.25) is 0 Å². The van der Waals surface area contributed by atoms with Gasteiger partial charge in [0.2, 0.25) is 5.91 Å². The summed E-state index contributed by atoms with van der Waals surface area (Å²) < 4.78 is 19.3. The van der Waals surface area contributed by atoms with E-state index in [1.807, 2.05) is 29.2 Å². The Morgan fingerprint density at radius 3 is 2.90 bits per heavy atom. The van der Waals surface area contributed by atoms with Crippen molar-refractivity contribution in [2.75, 3.05) is 25.1 Å². The van der Waals surface area contributed by atoms with E-state index in [0.29, 0.717) is 6.42 Å². The second-order valence-electron chi connectivity index (χ2n) is 7.92. The van der Waals surface area contributed by atoms with Crippen LogP contribution in [-0.4, -0.2) is 36.1 Å². The lowest BCUT2D eigenvalue weighted by molar-refractivity contribution is -0.116. The zero-order chi connectivity index (χ0) is 21.5. The first kappa shape index (κ1) is 19.4. The van der Waals surface area contributed by atoms with Crippen LogP contribution in [0.1, 0.15) is 23.2 Å². The van der Waals surface area contributed by atoms with Crippen molar-refractivity contribution in [1.82, 2.24) is 9.97 Å². The van der Waals surface area contributed by atoms with Gasteiger partial charge in [-0.3, -0.25) is 4.79 Å². The number of benzene rings is 2. The Balaban J connectivity index is 1.72. The average Bonchev–Trinajstić information content (AvgIpc) is 3.14. The van der Waals surface area contributed by atoms with E-state index in [1.54, 1.807) is 6.07 Å². The number of H-pyrrole nitrogens is 1. The Bertz CT molecular complexity index is 1310. The SMILES string of the molecule is COc1ccc(Cc2nc3c(c4c2[nH]c2ccccc24)CCCN3CC(N)=O)cc1F. The zero-order valence-electron chi connectivity index (χ0n) is 17.2. The first-order valence-corrected chi connectivity index (χ1v) is 10.3. The average molecular weight is 418 g/mol. The Hall–Kier alpha value is -3.61. The second kappa shape index (κ2) is 7.58. The quantitative estimate of drug-likeness (QED) is 0.518. The van der Waals surface area contributed by atoms with Crippen LogP contribution in [0.15, 0.2) is 42.5 Å². The minimum atomic E-state index is -0.402. The van der Waals surface area contributed by atoms with Crippen molar-refractivity contribution in [3.05, 3.63) is 65.1 Å². The fraction of sp³-hybridized carbons (Fsp3) is 0.250. The molecule has 0 unspecified atom stereocenters. The summed E-state index contributed by atoms with van der Waals surface area (Å²) in [6, 6.07) is 13.1. The van der Waals surface area contributed by atoms with Crippen LogP contribution in [0.25, 0.3) is 21.8 Å². The standard InChI is InChI=1S/C24H23FN4O2/c1-31-20-9-8-14(11-17(20)25)12-19-23-22(15-5-2-3-7-18(15)27-23)16-6-4-10-29(13-21(26)30)24(16)28-19/h2-3,5,7-9,11,27H,4,6,10,12-13H2,1H3,(H2,26,30). The van der Waals surface area contributed by atoms with Crippen molar-refractivity contribution in [1.29, 1.82) is 0 Å². The third kappa shape index (κ3) is 3.36. The third-order valence-corrected chi connectivity index (χ3v) is 5.90. The number of primary amides is 1. The van der Waals surface area contributed by atoms with Gasteiger partial charge in [0, 0.05) is 34.8 Å². The van der Waals surface area contributed by atoms with Gasteiger partial charge in [-0.1, -0.05) is 24.3 Å². The number of nitrogens with one attached hydrogen (secondary N) is 1. The number of carbonyl (C=O) groups excluding carboxylic acids is 1. The van der Waals surface area contributed by atoms with Crippen molar-refractivity contribution in [2.24, 2.45) is 5.73 Å². The van der Waals surface area contributed by atoms with E-state index in [4.69, 9.17) is 15.5 Å². The molecule has 158 valence electrons. The number of pyridine rings is 1. The number of ether oxygens (including phenoxy) is 1. The number of para-hydroxylation sites is 1. The van der Waals surface area contributed by atoms with Crippen molar-refractivity contribution in [3.8, 4) is 5.75 Å². The number of methoxy groups -OCH3 is 1. The van der Waals surface area contributed by atoms with Crippen LogP contribution in [0.5, 0.6) is 5.75 Å². The first-order chi connectivity index (χ1) is 15.0. The predicted octanol–water partition coefficient (Wildman–Crippen LogP) is 3.69. The fourth-order valence-electron chi connectivity index (χ4n) is 4.57. The van der Waals surface area contributed by atoms with E-state index in [2.05, 4.69) is 11.1 Å². The molecular weight excluding hydrogens is 395 g/mol. The molecule has 0 spiro atoms. The Morgan fingerprint density at radius 1 is 1.29 bits per heavy atom. The number of halogens is 1. The molecule has 0 saturated heterocycles. The minimum Gasteiger partial charge on any atom is -0.494 e. The normalized spacial score (nSPS) is 13.5. The molecular formula is C24H23FN4O2. The summed E-state index contributed by atoms with van der Waals surface area (Å²) in [5, 5.41) is 2.25. The van der Waals surface area contributed by atoms with Crippen LogP contribution >= 0.6 is 0 Å². The van der Waals surface area contributed by atoms with Crippen molar-refractivity contribution in [3.63, 3.8) is 0 Å². The summed E-state index contributed by atoms with van der Waals surface area (Å²) >= 11 is 0. The van der Waals surface area contributed by atoms with Gasteiger partial charge in [0.1, 0.15) is 5.82 Å². The van der Waals surface area contributed by atoms with Crippen molar-refractivity contribution < 1.29 is 13.9 Å². The van der Waals surface area contributed by atoms with E-state index < -0.39 is 5.82 Å². The molecule has 0 aliphatic carbocycles. The molecule has 1 aliphatic heterocycles. The number of aromatic amines is 1. The highest BCUT2D eigenvalue weighted by molar-refractivity contribution is 6.11. The van der Waals surface area contributed by atoms with Gasteiger partial charge in [-0.25, -0.2) is 9.37 Å². The lowest BCUT2D eigenvalue weighted by Crippen LogP contribution is -2.38. The Morgan fingerprint density at radius 2 is 2.13 bits per heavy atom. The Labute approximate surface area is 178 Å². The van der Waals surface area contributed by atoms with Crippen LogP contribution in [0.3, 0.4) is 0 Å². The Kier molecular flexibility index (Phi) is 4.73. The van der Waals surface area contributed by atoms with Gasteiger partial charge in [0.05, 0.1) is 24.9 Å². The number of amides is 1. The highest BCUT2D eigenvalue weighted by Crippen LogP contribution is 2.38. The summed E-state index contributed by atoms with van der Waals surface area (Å²) in [5.74, 6) is 0.227. The van der Waals surface area contributed by atoms with Crippen LogP contribution in [-0.2, 0) is 17.6 Å². The molecule has 3 heterocycles. The summed E-state index contributed by atoms with van der Waals surface area (Å²) in [5.41, 5.74) is 10.2. The number of hydrogen-bond acceptors (Lipinski definition) is 4. The summed E-state index contributed by atoms with van der Waals surface area (Å²) in [6.45, 7) is 0.859. The highest BCUT2D eigenvalue weighted by Gasteiger charge is 2.26. The molecule has 2 aromatic heterocycles. The van der Waals surface area contributed by atoms with E-state index in [1.165, 1.54) is 13.2 Å². The number of nitrogens with zero attached hydrogens (tertiary/aromatic N) is 2. The molecule has 0 radical (unpaired) electrons. The molecule has 7 heteroatoms. The van der Waals surface area contributed by atoms with Crippen LogP contribution in [0.4, 0.5) is 10.2 Å². The van der Waals surface area contributed by atoms with Gasteiger partial charge >= 0.3 is 0 Å². The first-order valence-electron chi connectivity index (χ1n) is 10.3. The van der Waals surface area contributed by atoms with Crippen LogP contribution < -0.4 is 15.4 Å². The van der Waals surface area contributed by atoms with Gasteiger partial charge < -0.3 is 20.4 Å². The van der Waals surface area contributed by atoms with Crippen LogP contribution in [0, 0.1) is 5.82 Å². The van der Waals surface area contributed by atoms with Gasteiger partial charge in [0.15, 0.2) is 11.6 Å². The molecule has 0 atom stereocenters. The molecule has 2 aromatic carbocycles. The number of aryl methyl sites for hydroxylation is 1. The van der Waals surface area contributed by atoms with Crippen molar-refractivity contribution >= 4 is 33.5 Å². The number of nitrogens with two attached hydrogens (primary N) is 1. The maximum atomic E-state index is 14.3. The lowest BCUT2D eigenvalue weighted by Gasteiger charge is -2.30. The predicted molar refractivity (Wildman–Crippen MR) is 119 cm³/mol. The minimum absolute atomic E-state index is 0.129. The molecule has 4 aromatic rings. The number of hydrogen-bond donors (Lipinski definition) is 2. The number of anilines is 1. The summed E-state index contributed by atoms with van der Waals surface area (Å²) in [6.07, 6.45) is 2.26. The molecule has 0 fully saturated rings. The molecule has 0 saturated carbocycles. The van der Waals surface area contributed by atoms with E-state index >= 15 is 0 Å². The topological polar surface area (TPSA) is 84.2 Å². The zero-order valence-corrected chi connectivity index (χ0v) is 17.2. The van der Waals surface area contributed by atoms with Gasteiger partial charge in [-0.05, 0) is 36.6 Å². The molecule has 5 rings (SSSR count). The second-order valence-corrected chi connectivity index (χ2v) is 7.92. The molecule has 0 bridgehead atoms. The lowest BCUT2D eigenvalue weighted by atomic mass is 9.97. The van der Waals surface area contributed by atoms with Gasteiger partial charge in [-0.15, -0.1) is 0 Å². The summed E-state index contributed by atoms with van der Waals surface area (Å²) in [7, 11) is 1.45. The number of fused-ring (bicyclic) bond motifs is 5. The molecule has 6 nitrogen and oxygen atoms in total. The monoisotopic (exact) mass is 418 g/mol. The van der Waals surface area contributed by atoms with Crippen molar-refractivity contribution in [2.45, 2.75) is 19.3 Å². The number of carbonyl (C=O) groups is 1. The number of rotatable bonds is 5. The fourth-order valence-corrected chi connectivity index (χ4v) is 4.57. The molecule has 3 N–H and O–H groups in total. The maximum Gasteiger partial charge on any atom is 0.236 e. The van der Waals surface area contributed by atoms with Gasteiger partial charge in [-0.2, -0.15) is 0 Å². The summed E-state index contributed by atoms with van der Waals surface area (Å²) in [4.78, 5) is 22.1. The largest absolute Gasteiger partial charge is 0.494 e. The smallest absolute Gasteiger partial charge is 0.236 e.